The van der Waals surface area contributed by atoms with E-state index in [0.717, 1.165) is 12.8 Å². The Morgan fingerprint density at radius 1 is 0.875 bits per heavy atom. The molecule has 124 valence electrons. The van der Waals surface area contributed by atoms with E-state index >= 15 is 0 Å². The van der Waals surface area contributed by atoms with Crippen molar-refractivity contribution in [2.24, 2.45) is 7.05 Å². The van der Waals surface area contributed by atoms with Crippen molar-refractivity contribution in [3.63, 3.8) is 0 Å². The second-order valence-electron chi connectivity index (χ2n) is 6.92. The van der Waals surface area contributed by atoms with E-state index in [1.807, 2.05) is 0 Å². The quantitative estimate of drug-likeness (QED) is 0.571. The van der Waals surface area contributed by atoms with E-state index in [1.165, 1.54) is 50.0 Å². The first-order chi connectivity index (χ1) is 11.5. The van der Waals surface area contributed by atoms with Gasteiger partial charge in [-0.05, 0) is 60.9 Å². The summed E-state index contributed by atoms with van der Waals surface area (Å²) in [4.78, 5) is 0. The molecule has 0 fully saturated rings. The van der Waals surface area contributed by atoms with E-state index in [-0.39, 0.29) is 0 Å². The maximum Gasteiger partial charge on any atom is 0.220 e. The zero-order valence-corrected chi connectivity index (χ0v) is 15.8. The standard InChI is InChI=1S/C23H28N/c1-7-18-13-19(8-2)17(5)22(14-18)23-21-10-9-15(3)11-20(21)12-16(4)24(23)6/h9-14H,7-8H2,1-6H3/q+1. The van der Waals surface area contributed by atoms with Gasteiger partial charge in [0.05, 0.1) is 10.9 Å². The number of aryl methyl sites for hydroxylation is 4. The number of fused-ring (bicyclic) bond motifs is 1. The Morgan fingerprint density at radius 2 is 1.62 bits per heavy atom. The third-order valence-corrected chi connectivity index (χ3v) is 5.31. The third kappa shape index (κ3) is 2.73. The van der Waals surface area contributed by atoms with Crippen LogP contribution >= 0.6 is 0 Å². The van der Waals surface area contributed by atoms with E-state index in [0.29, 0.717) is 0 Å². The van der Waals surface area contributed by atoms with Crippen molar-refractivity contribution in [1.29, 1.82) is 0 Å². The highest BCUT2D eigenvalue weighted by Crippen LogP contribution is 2.32. The van der Waals surface area contributed by atoms with E-state index in [1.54, 1.807) is 0 Å². The van der Waals surface area contributed by atoms with E-state index in [2.05, 4.69) is 82.6 Å². The topological polar surface area (TPSA) is 3.88 Å². The van der Waals surface area contributed by atoms with Crippen LogP contribution in [-0.4, -0.2) is 0 Å². The summed E-state index contributed by atoms with van der Waals surface area (Å²) in [6.45, 7) is 11.1. The highest BCUT2D eigenvalue weighted by molar-refractivity contribution is 5.94. The smallest absolute Gasteiger partial charge is 0.198 e. The summed E-state index contributed by atoms with van der Waals surface area (Å²) in [5.41, 5.74) is 9.63. The molecule has 0 aliphatic rings. The molecule has 0 amide bonds. The Balaban J connectivity index is 2.44. The Morgan fingerprint density at radius 3 is 2.29 bits per heavy atom. The van der Waals surface area contributed by atoms with Gasteiger partial charge in [0.15, 0.2) is 5.69 Å². The minimum Gasteiger partial charge on any atom is -0.198 e. The molecule has 0 aliphatic heterocycles. The van der Waals surface area contributed by atoms with Crippen molar-refractivity contribution < 1.29 is 4.57 Å². The Labute approximate surface area is 146 Å². The first-order valence-electron chi connectivity index (χ1n) is 8.99. The van der Waals surface area contributed by atoms with Crippen molar-refractivity contribution in [3.8, 4) is 11.3 Å². The monoisotopic (exact) mass is 318 g/mol. The molecule has 0 bridgehead atoms. The van der Waals surface area contributed by atoms with Crippen LogP contribution in [0.5, 0.6) is 0 Å². The van der Waals surface area contributed by atoms with Crippen LogP contribution in [0, 0.1) is 20.8 Å². The average molecular weight is 318 g/mol. The largest absolute Gasteiger partial charge is 0.220 e. The zero-order chi connectivity index (χ0) is 17.4. The Hall–Kier alpha value is -2.15. The normalized spacial score (nSPS) is 11.2. The van der Waals surface area contributed by atoms with Crippen LogP contribution in [0.15, 0.2) is 36.4 Å². The minimum atomic E-state index is 1.08. The molecule has 1 heteroatoms. The number of benzene rings is 2. The molecule has 0 N–H and O–H groups in total. The molecule has 0 unspecified atom stereocenters. The van der Waals surface area contributed by atoms with Gasteiger partial charge in [0.25, 0.3) is 0 Å². The van der Waals surface area contributed by atoms with E-state index < -0.39 is 0 Å². The van der Waals surface area contributed by atoms with Crippen molar-refractivity contribution in [2.45, 2.75) is 47.5 Å². The SMILES string of the molecule is CCc1cc(CC)c(C)c(-c2c3ccc(C)cc3cc(C)[n+]2C)c1. The molecular formula is C23H28N+. The number of nitrogens with zero attached hydrogens (tertiary/aromatic N) is 1. The Kier molecular flexibility index (Phi) is 4.45. The average Bonchev–Trinajstić information content (AvgIpc) is 2.57. The predicted octanol–water partition coefficient (Wildman–Crippen LogP) is 5.38. The van der Waals surface area contributed by atoms with E-state index in [4.69, 9.17) is 0 Å². The number of aromatic nitrogens is 1. The first kappa shape index (κ1) is 16.7. The van der Waals surface area contributed by atoms with Crippen LogP contribution in [0.3, 0.4) is 0 Å². The fraction of sp³-hybridized carbons (Fsp3) is 0.348. The lowest BCUT2D eigenvalue weighted by molar-refractivity contribution is -0.665. The van der Waals surface area contributed by atoms with Gasteiger partial charge in [0.1, 0.15) is 7.05 Å². The molecule has 0 radical (unpaired) electrons. The molecule has 3 aromatic rings. The van der Waals surface area contributed by atoms with Gasteiger partial charge in [-0.15, -0.1) is 0 Å². The summed E-state index contributed by atoms with van der Waals surface area (Å²) in [7, 11) is 2.19. The molecule has 24 heavy (non-hydrogen) atoms. The maximum atomic E-state index is 2.39. The Bertz CT molecular complexity index is 919. The highest BCUT2D eigenvalue weighted by atomic mass is 14.9. The van der Waals surface area contributed by atoms with Gasteiger partial charge in [-0.2, -0.15) is 4.57 Å². The summed E-state index contributed by atoms with van der Waals surface area (Å²) in [5.74, 6) is 0. The number of rotatable bonds is 3. The fourth-order valence-electron chi connectivity index (χ4n) is 3.68. The fourth-order valence-corrected chi connectivity index (χ4v) is 3.68. The van der Waals surface area contributed by atoms with E-state index in [9.17, 15) is 0 Å². The van der Waals surface area contributed by atoms with Gasteiger partial charge < -0.3 is 0 Å². The highest BCUT2D eigenvalue weighted by Gasteiger charge is 2.21. The summed E-state index contributed by atoms with van der Waals surface area (Å²) in [6.07, 6.45) is 2.16. The van der Waals surface area contributed by atoms with Crippen LogP contribution < -0.4 is 4.57 Å². The maximum absolute atomic E-state index is 2.39. The lowest BCUT2D eigenvalue weighted by atomic mass is 9.91. The van der Waals surface area contributed by atoms with Crippen molar-refractivity contribution in [2.75, 3.05) is 0 Å². The lowest BCUT2D eigenvalue weighted by Gasteiger charge is -2.14. The molecule has 0 saturated heterocycles. The number of hydrogen-bond donors (Lipinski definition) is 0. The summed E-state index contributed by atoms with van der Waals surface area (Å²) in [5, 5.41) is 2.67. The molecule has 0 spiro atoms. The van der Waals surface area contributed by atoms with Crippen LogP contribution in [0.25, 0.3) is 22.0 Å². The van der Waals surface area contributed by atoms with Crippen molar-refractivity contribution >= 4 is 10.8 Å². The second kappa shape index (κ2) is 6.39. The molecule has 2 aromatic carbocycles. The van der Waals surface area contributed by atoms with Gasteiger partial charge in [0.2, 0.25) is 5.69 Å². The van der Waals surface area contributed by atoms with Crippen molar-refractivity contribution in [1.82, 2.24) is 0 Å². The number of hydrogen-bond acceptors (Lipinski definition) is 0. The van der Waals surface area contributed by atoms with Crippen LogP contribution in [0.2, 0.25) is 0 Å². The lowest BCUT2D eigenvalue weighted by Crippen LogP contribution is -2.35. The number of pyridine rings is 1. The van der Waals surface area contributed by atoms with Gasteiger partial charge in [-0.1, -0.05) is 37.6 Å². The predicted molar refractivity (Wildman–Crippen MR) is 104 cm³/mol. The molecule has 1 nitrogen and oxygen atoms in total. The van der Waals surface area contributed by atoms with Gasteiger partial charge >= 0.3 is 0 Å². The van der Waals surface area contributed by atoms with Gasteiger partial charge in [-0.3, -0.25) is 0 Å². The summed E-state index contributed by atoms with van der Waals surface area (Å²) < 4.78 is 2.35. The summed E-state index contributed by atoms with van der Waals surface area (Å²) >= 11 is 0. The second-order valence-corrected chi connectivity index (χ2v) is 6.92. The molecular weight excluding hydrogens is 290 g/mol. The molecule has 1 aromatic heterocycles. The van der Waals surface area contributed by atoms with Crippen LogP contribution in [0.4, 0.5) is 0 Å². The van der Waals surface area contributed by atoms with Crippen LogP contribution in [-0.2, 0) is 19.9 Å². The third-order valence-electron chi connectivity index (χ3n) is 5.31. The summed E-state index contributed by atoms with van der Waals surface area (Å²) in [6, 6.07) is 13.9. The molecule has 0 aliphatic carbocycles. The van der Waals surface area contributed by atoms with Crippen LogP contribution in [0.1, 0.15) is 41.8 Å². The van der Waals surface area contributed by atoms with Gasteiger partial charge in [-0.25, -0.2) is 0 Å². The molecule has 0 saturated carbocycles. The zero-order valence-electron chi connectivity index (χ0n) is 15.8. The molecule has 0 atom stereocenters. The minimum absolute atomic E-state index is 1.08. The molecule has 3 rings (SSSR count). The van der Waals surface area contributed by atoms with Crippen molar-refractivity contribution in [3.05, 3.63) is 64.3 Å². The van der Waals surface area contributed by atoms with Gasteiger partial charge in [0, 0.05) is 13.0 Å². The first-order valence-corrected chi connectivity index (χ1v) is 8.99. The molecule has 1 heterocycles.